The molecular weight excluding hydrogens is 204 g/mol. The normalized spacial score (nSPS) is 10.9. The molecular formula is C12H24N2O2. The summed E-state index contributed by atoms with van der Waals surface area (Å²) in [5.74, 6) is 0.214. The number of carbonyl (C=O) groups excluding carboxylic acids is 2. The number of rotatable bonds is 8. The van der Waals surface area contributed by atoms with Gasteiger partial charge >= 0.3 is 0 Å². The molecule has 0 aromatic rings. The maximum atomic E-state index is 11.5. The van der Waals surface area contributed by atoms with Gasteiger partial charge in [0.2, 0.25) is 5.91 Å². The minimum Gasteiger partial charge on any atom is -0.355 e. The summed E-state index contributed by atoms with van der Waals surface area (Å²) in [6.07, 6.45) is 1.27. The summed E-state index contributed by atoms with van der Waals surface area (Å²) in [7, 11) is 0. The van der Waals surface area contributed by atoms with Crippen LogP contribution in [0.1, 0.15) is 40.5 Å². The summed E-state index contributed by atoms with van der Waals surface area (Å²) >= 11 is 0. The molecule has 1 amide bonds. The van der Waals surface area contributed by atoms with Crippen LogP contribution in [0.5, 0.6) is 0 Å². The van der Waals surface area contributed by atoms with Gasteiger partial charge in [-0.05, 0) is 33.7 Å². The molecule has 4 nitrogen and oxygen atoms in total. The second-order valence-corrected chi connectivity index (χ2v) is 4.31. The molecule has 0 saturated carbocycles. The molecule has 0 heterocycles. The van der Waals surface area contributed by atoms with E-state index in [4.69, 9.17) is 0 Å². The van der Waals surface area contributed by atoms with Gasteiger partial charge in [0, 0.05) is 19.0 Å². The Labute approximate surface area is 98.4 Å². The smallest absolute Gasteiger partial charge is 0.234 e. The summed E-state index contributed by atoms with van der Waals surface area (Å²) in [4.78, 5) is 24.3. The fraction of sp³-hybridized carbons (Fsp3) is 0.833. The van der Waals surface area contributed by atoms with Crippen molar-refractivity contribution in [2.75, 3.05) is 19.6 Å². The lowest BCUT2D eigenvalue weighted by Crippen LogP contribution is -2.40. The van der Waals surface area contributed by atoms with Gasteiger partial charge in [-0.2, -0.15) is 0 Å². The quantitative estimate of drug-likeness (QED) is 0.635. The Hall–Kier alpha value is -0.900. The highest BCUT2D eigenvalue weighted by Gasteiger charge is 2.11. The van der Waals surface area contributed by atoms with Crippen molar-refractivity contribution in [3.8, 4) is 0 Å². The van der Waals surface area contributed by atoms with E-state index in [9.17, 15) is 9.59 Å². The van der Waals surface area contributed by atoms with E-state index in [1.54, 1.807) is 6.92 Å². The zero-order chi connectivity index (χ0) is 12.6. The highest BCUT2D eigenvalue weighted by atomic mass is 16.2. The third kappa shape index (κ3) is 7.40. The second kappa shape index (κ2) is 8.28. The Balaban J connectivity index is 3.68. The minimum atomic E-state index is 0.0408. The zero-order valence-electron chi connectivity index (χ0n) is 10.9. The average Bonchev–Trinajstić information content (AvgIpc) is 2.20. The summed E-state index contributed by atoms with van der Waals surface area (Å²) < 4.78 is 0. The van der Waals surface area contributed by atoms with Gasteiger partial charge in [-0.25, -0.2) is 0 Å². The number of hydrogen-bond acceptors (Lipinski definition) is 3. The van der Waals surface area contributed by atoms with Crippen LogP contribution in [-0.2, 0) is 9.59 Å². The maximum absolute atomic E-state index is 11.5. The number of likely N-dealkylation sites (N-methyl/N-ethyl adjacent to an activating group) is 1. The van der Waals surface area contributed by atoms with Crippen LogP contribution in [0.25, 0.3) is 0 Å². The lowest BCUT2D eigenvalue weighted by molar-refractivity contribution is -0.123. The van der Waals surface area contributed by atoms with Gasteiger partial charge in [-0.3, -0.25) is 9.69 Å². The molecule has 0 atom stereocenters. The molecule has 16 heavy (non-hydrogen) atoms. The lowest BCUT2D eigenvalue weighted by atomic mass is 10.2. The predicted molar refractivity (Wildman–Crippen MR) is 65.3 cm³/mol. The molecule has 0 bridgehead atoms. The molecule has 0 aromatic heterocycles. The molecule has 0 aliphatic carbocycles. The summed E-state index contributed by atoms with van der Waals surface area (Å²) in [6.45, 7) is 9.67. The summed E-state index contributed by atoms with van der Waals surface area (Å²) in [5.41, 5.74) is 0. The fourth-order valence-electron chi connectivity index (χ4n) is 1.47. The number of Topliss-reactive ketones (excluding diaryl/α,β-unsaturated/α-hetero) is 1. The average molecular weight is 228 g/mol. The fourth-order valence-corrected chi connectivity index (χ4v) is 1.47. The highest BCUT2D eigenvalue weighted by Crippen LogP contribution is 1.96. The number of nitrogens with zero attached hydrogens (tertiary/aromatic N) is 1. The van der Waals surface area contributed by atoms with Gasteiger partial charge in [0.05, 0.1) is 6.54 Å². The Morgan fingerprint density at radius 2 is 1.94 bits per heavy atom. The van der Waals surface area contributed by atoms with Gasteiger partial charge < -0.3 is 10.1 Å². The van der Waals surface area contributed by atoms with Crippen molar-refractivity contribution in [3.05, 3.63) is 0 Å². The Morgan fingerprint density at radius 1 is 1.31 bits per heavy atom. The number of amides is 1. The molecule has 0 saturated heterocycles. The third-order valence-corrected chi connectivity index (χ3v) is 2.51. The highest BCUT2D eigenvalue weighted by molar-refractivity contribution is 5.78. The molecule has 0 aliphatic rings. The molecule has 0 unspecified atom stereocenters. The summed E-state index contributed by atoms with van der Waals surface area (Å²) in [6, 6.07) is 0.382. The van der Waals surface area contributed by atoms with Gasteiger partial charge in [-0.1, -0.05) is 6.92 Å². The topological polar surface area (TPSA) is 49.4 Å². The first-order valence-electron chi connectivity index (χ1n) is 5.97. The van der Waals surface area contributed by atoms with Crippen LogP contribution in [-0.4, -0.2) is 42.3 Å². The molecule has 0 spiro atoms. The Morgan fingerprint density at radius 3 is 2.38 bits per heavy atom. The molecule has 0 aliphatic heterocycles. The number of nitrogens with one attached hydrogen (secondary N) is 1. The summed E-state index contributed by atoms with van der Waals surface area (Å²) in [5, 5.41) is 2.82. The van der Waals surface area contributed by atoms with E-state index >= 15 is 0 Å². The zero-order valence-corrected chi connectivity index (χ0v) is 10.9. The van der Waals surface area contributed by atoms with Gasteiger partial charge in [0.1, 0.15) is 5.78 Å². The van der Waals surface area contributed by atoms with Crippen molar-refractivity contribution in [1.82, 2.24) is 10.2 Å². The first-order valence-corrected chi connectivity index (χ1v) is 5.97. The Kier molecular flexibility index (Phi) is 7.81. The van der Waals surface area contributed by atoms with Crippen LogP contribution < -0.4 is 5.32 Å². The van der Waals surface area contributed by atoms with Crippen LogP contribution in [0.15, 0.2) is 0 Å². The predicted octanol–water partition coefficient (Wildman–Crippen LogP) is 1.20. The van der Waals surface area contributed by atoms with Gasteiger partial charge in [0.15, 0.2) is 0 Å². The van der Waals surface area contributed by atoms with E-state index in [1.165, 1.54) is 0 Å². The Bertz CT molecular complexity index is 227. The van der Waals surface area contributed by atoms with E-state index < -0.39 is 0 Å². The molecule has 1 N–H and O–H groups in total. The van der Waals surface area contributed by atoms with E-state index in [0.717, 1.165) is 13.0 Å². The molecule has 0 rings (SSSR count). The number of carbonyl (C=O) groups is 2. The van der Waals surface area contributed by atoms with E-state index in [-0.39, 0.29) is 11.7 Å². The maximum Gasteiger partial charge on any atom is 0.234 e. The van der Waals surface area contributed by atoms with Crippen molar-refractivity contribution in [3.63, 3.8) is 0 Å². The van der Waals surface area contributed by atoms with Crippen LogP contribution in [0.2, 0.25) is 0 Å². The number of hydrogen-bond donors (Lipinski definition) is 1. The van der Waals surface area contributed by atoms with Crippen LogP contribution in [0.3, 0.4) is 0 Å². The largest absolute Gasteiger partial charge is 0.355 e. The SMILES string of the molecule is CCN(CC(=O)NCCCC(C)=O)C(C)C. The lowest BCUT2D eigenvalue weighted by Gasteiger charge is -2.23. The first-order chi connectivity index (χ1) is 7.47. The monoisotopic (exact) mass is 228 g/mol. The van der Waals surface area contributed by atoms with Gasteiger partial charge in [-0.15, -0.1) is 0 Å². The first kappa shape index (κ1) is 15.1. The van der Waals surface area contributed by atoms with Crippen LogP contribution in [0, 0.1) is 0 Å². The van der Waals surface area contributed by atoms with Crippen LogP contribution >= 0.6 is 0 Å². The third-order valence-electron chi connectivity index (χ3n) is 2.51. The molecule has 94 valence electrons. The van der Waals surface area contributed by atoms with E-state index in [0.29, 0.717) is 25.6 Å². The standard InChI is InChI=1S/C12H24N2O2/c1-5-14(10(2)3)9-12(16)13-8-6-7-11(4)15/h10H,5-9H2,1-4H3,(H,13,16). The van der Waals surface area contributed by atoms with Crippen molar-refractivity contribution in [2.45, 2.75) is 46.6 Å². The van der Waals surface area contributed by atoms with Crippen LogP contribution in [0.4, 0.5) is 0 Å². The van der Waals surface area contributed by atoms with Crippen molar-refractivity contribution >= 4 is 11.7 Å². The van der Waals surface area contributed by atoms with Crippen molar-refractivity contribution in [2.24, 2.45) is 0 Å². The van der Waals surface area contributed by atoms with Crippen molar-refractivity contribution < 1.29 is 9.59 Å². The van der Waals surface area contributed by atoms with Crippen molar-refractivity contribution in [1.29, 1.82) is 0 Å². The molecule has 0 aromatic carbocycles. The molecule has 0 radical (unpaired) electrons. The van der Waals surface area contributed by atoms with Gasteiger partial charge in [0.25, 0.3) is 0 Å². The number of ketones is 1. The molecule has 0 fully saturated rings. The van der Waals surface area contributed by atoms with E-state index in [2.05, 4.69) is 24.1 Å². The molecule has 4 heteroatoms. The second-order valence-electron chi connectivity index (χ2n) is 4.31. The minimum absolute atomic E-state index is 0.0408. The van der Waals surface area contributed by atoms with E-state index in [1.807, 2.05) is 6.92 Å².